The molecule has 3 aromatic carbocycles. The molecule has 1 amide bonds. The zero-order chi connectivity index (χ0) is 20.8. The molecule has 0 fully saturated rings. The smallest absolute Gasteiger partial charge is 0.277 e. The van der Waals surface area contributed by atoms with Crippen LogP contribution in [0.4, 0.5) is 5.69 Å². The first-order valence-corrected chi connectivity index (χ1v) is 10.3. The molecule has 0 aliphatic rings. The van der Waals surface area contributed by atoms with Crippen molar-refractivity contribution in [2.45, 2.75) is 11.0 Å². The molecule has 0 bridgehead atoms. The summed E-state index contributed by atoms with van der Waals surface area (Å²) in [5.41, 5.74) is 3.21. The van der Waals surface area contributed by atoms with Crippen LogP contribution >= 0.6 is 11.8 Å². The van der Waals surface area contributed by atoms with Gasteiger partial charge in [-0.3, -0.25) is 4.79 Å². The second kappa shape index (κ2) is 9.28. The van der Waals surface area contributed by atoms with Gasteiger partial charge in [-0.2, -0.15) is 0 Å². The molecule has 4 rings (SSSR count). The zero-order valence-corrected chi connectivity index (χ0v) is 17.1. The molecule has 4 aromatic rings. The number of carbonyl (C=O) groups is 1. The van der Waals surface area contributed by atoms with Gasteiger partial charge in [0.2, 0.25) is 5.89 Å². The number of aromatic nitrogens is 2. The normalized spacial score (nSPS) is 10.6. The van der Waals surface area contributed by atoms with E-state index in [-0.39, 0.29) is 5.91 Å². The van der Waals surface area contributed by atoms with E-state index in [0.717, 1.165) is 11.3 Å². The van der Waals surface area contributed by atoms with Crippen LogP contribution in [-0.2, 0) is 5.75 Å². The highest BCUT2D eigenvalue weighted by atomic mass is 32.2. The number of hydrogen-bond acceptors (Lipinski definition) is 6. The second-order valence-electron chi connectivity index (χ2n) is 6.41. The van der Waals surface area contributed by atoms with E-state index in [1.165, 1.54) is 17.3 Å². The quantitative estimate of drug-likeness (QED) is 0.412. The molecule has 0 atom stereocenters. The minimum absolute atomic E-state index is 0.192. The minimum Gasteiger partial charge on any atom is -0.497 e. The first-order valence-electron chi connectivity index (χ1n) is 9.27. The Labute approximate surface area is 178 Å². The van der Waals surface area contributed by atoms with E-state index in [0.29, 0.717) is 28.1 Å². The van der Waals surface area contributed by atoms with Crippen molar-refractivity contribution in [3.05, 3.63) is 90.0 Å². The molecule has 7 heteroatoms. The number of methoxy groups -OCH3 is 1. The first-order chi connectivity index (χ1) is 14.7. The van der Waals surface area contributed by atoms with E-state index in [4.69, 9.17) is 9.15 Å². The molecular formula is C23H19N3O3S. The average molecular weight is 417 g/mol. The van der Waals surface area contributed by atoms with Crippen LogP contribution in [0, 0.1) is 0 Å². The van der Waals surface area contributed by atoms with Crippen LogP contribution in [0.15, 0.2) is 88.5 Å². The van der Waals surface area contributed by atoms with Crippen molar-refractivity contribution in [3.8, 4) is 17.2 Å². The van der Waals surface area contributed by atoms with Gasteiger partial charge in [-0.05, 0) is 54.1 Å². The largest absolute Gasteiger partial charge is 0.497 e. The summed E-state index contributed by atoms with van der Waals surface area (Å²) < 4.78 is 10.9. The molecule has 150 valence electrons. The Bertz CT molecular complexity index is 1110. The Morgan fingerprint density at radius 1 is 0.967 bits per heavy atom. The van der Waals surface area contributed by atoms with Gasteiger partial charge >= 0.3 is 0 Å². The van der Waals surface area contributed by atoms with Gasteiger partial charge < -0.3 is 14.5 Å². The van der Waals surface area contributed by atoms with E-state index in [9.17, 15) is 4.79 Å². The molecule has 0 unspecified atom stereocenters. The van der Waals surface area contributed by atoms with E-state index in [1.54, 1.807) is 43.5 Å². The summed E-state index contributed by atoms with van der Waals surface area (Å²) in [4.78, 5) is 12.4. The Hall–Kier alpha value is -3.58. The molecule has 0 saturated carbocycles. The summed E-state index contributed by atoms with van der Waals surface area (Å²) in [6, 6.07) is 24.3. The lowest BCUT2D eigenvalue weighted by molar-refractivity contribution is 0.102. The Kier molecular flexibility index (Phi) is 6.10. The molecule has 0 aliphatic heterocycles. The van der Waals surface area contributed by atoms with Gasteiger partial charge in [0.05, 0.1) is 7.11 Å². The Morgan fingerprint density at radius 3 is 2.40 bits per heavy atom. The van der Waals surface area contributed by atoms with Crippen LogP contribution in [0.2, 0.25) is 0 Å². The zero-order valence-electron chi connectivity index (χ0n) is 16.2. The number of rotatable bonds is 7. The SMILES string of the molecule is COc1ccc(C(=O)Nc2ccc(-c3nnc(SCc4ccccc4)o3)cc2)cc1. The summed E-state index contributed by atoms with van der Waals surface area (Å²) in [7, 11) is 1.59. The fourth-order valence-corrected chi connectivity index (χ4v) is 3.46. The summed E-state index contributed by atoms with van der Waals surface area (Å²) in [5, 5.41) is 11.6. The van der Waals surface area contributed by atoms with Crippen molar-refractivity contribution in [2.75, 3.05) is 12.4 Å². The van der Waals surface area contributed by atoms with Gasteiger partial charge in [-0.25, -0.2) is 0 Å². The molecule has 0 aliphatic carbocycles. The molecule has 6 nitrogen and oxygen atoms in total. The molecule has 1 N–H and O–H groups in total. The first kappa shape index (κ1) is 19.7. The highest BCUT2D eigenvalue weighted by Crippen LogP contribution is 2.26. The van der Waals surface area contributed by atoms with Gasteiger partial charge in [0.1, 0.15) is 5.75 Å². The highest BCUT2D eigenvalue weighted by molar-refractivity contribution is 7.98. The van der Waals surface area contributed by atoms with Gasteiger partial charge in [-0.1, -0.05) is 42.1 Å². The fourth-order valence-electron chi connectivity index (χ4n) is 2.75. The molecule has 1 heterocycles. The lowest BCUT2D eigenvalue weighted by Crippen LogP contribution is -2.11. The van der Waals surface area contributed by atoms with Crippen molar-refractivity contribution >= 4 is 23.4 Å². The molecular weight excluding hydrogens is 398 g/mol. The number of nitrogens with one attached hydrogen (secondary N) is 1. The number of anilines is 1. The summed E-state index contributed by atoms with van der Waals surface area (Å²) in [6.07, 6.45) is 0. The van der Waals surface area contributed by atoms with E-state index >= 15 is 0 Å². The van der Waals surface area contributed by atoms with Crippen LogP contribution in [-0.4, -0.2) is 23.2 Å². The minimum atomic E-state index is -0.192. The third-order valence-electron chi connectivity index (χ3n) is 4.35. The number of ether oxygens (including phenoxy) is 1. The Morgan fingerprint density at radius 2 is 1.70 bits per heavy atom. The molecule has 0 saturated heterocycles. The Balaban J connectivity index is 1.37. The van der Waals surface area contributed by atoms with Gasteiger partial charge in [-0.15, -0.1) is 10.2 Å². The summed E-state index contributed by atoms with van der Waals surface area (Å²) in [5.74, 6) is 1.72. The van der Waals surface area contributed by atoms with Gasteiger partial charge in [0.15, 0.2) is 0 Å². The highest BCUT2D eigenvalue weighted by Gasteiger charge is 2.11. The van der Waals surface area contributed by atoms with E-state index in [2.05, 4.69) is 27.6 Å². The second-order valence-corrected chi connectivity index (χ2v) is 7.33. The van der Waals surface area contributed by atoms with Crippen LogP contribution in [0.1, 0.15) is 15.9 Å². The number of carbonyl (C=O) groups excluding carboxylic acids is 1. The van der Waals surface area contributed by atoms with Crippen LogP contribution in [0.25, 0.3) is 11.5 Å². The third-order valence-corrected chi connectivity index (χ3v) is 5.24. The van der Waals surface area contributed by atoms with Gasteiger partial charge in [0.25, 0.3) is 11.1 Å². The van der Waals surface area contributed by atoms with Crippen LogP contribution in [0.3, 0.4) is 0 Å². The van der Waals surface area contributed by atoms with Crippen LogP contribution < -0.4 is 10.1 Å². The van der Waals surface area contributed by atoms with Crippen molar-refractivity contribution in [2.24, 2.45) is 0 Å². The number of nitrogens with zero attached hydrogens (tertiary/aromatic N) is 2. The van der Waals surface area contributed by atoms with Crippen molar-refractivity contribution in [3.63, 3.8) is 0 Å². The topological polar surface area (TPSA) is 77.2 Å². The van der Waals surface area contributed by atoms with Gasteiger partial charge in [0, 0.05) is 22.6 Å². The maximum atomic E-state index is 12.4. The van der Waals surface area contributed by atoms with E-state index in [1.807, 2.05) is 30.3 Å². The molecule has 1 aromatic heterocycles. The molecule has 30 heavy (non-hydrogen) atoms. The number of benzene rings is 3. The number of amides is 1. The molecule has 0 spiro atoms. The predicted molar refractivity (Wildman–Crippen MR) is 117 cm³/mol. The summed E-state index contributed by atoms with van der Waals surface area (Å²) in [6.45, 7) is 0. The number of hydrogen-bond donors (Lipinski definition) is 1. The lowest BCUT2D eigenvalue weighted by Gasteiger charge is -2.06. The summed E-state index contributed by atoms with van der Waals surface area (Å²) >= 11 is 1.49. The van der Waals surface area contributed by atoms with Crippen molar-refractivity contribution in [1.29, 1.82) is 0 Å². The van der Waals surface area contributed by atoms with Crippen molar-refractivity contribution in [1.82, 2.24) is 10.2 Å². The lowest BCUT2D eigenvalue weighted by atomic mass is 10.1. The van der Waals surface area contributed by atoms with Crippen LogP contribution in [0.5, 0.6) is 5.75 Å². The maximum absolute atomic E-state index is 12.4. The number of thioether (sulfide) groups is 1. The fraction of sp³-hybridized carbons (Fsp3) is 0.0870. The average Bonchev–Trinajstić information content (AvgIpc) is 3.28. The maximum Gasteiger partial charge on any atom is 0.277 e. The van der Waals surface area contributed by atoms with Crippen molar-refractivity contribution < 1.29 is 13.9 Å². The standard InChI is InChI=1S/C23H19N3O3S/c1-28-20-13-9-17(10-14-20)21(27)24-19-11-7-18(8-12-19)22-25-26-23(29-22)30-15-16-5-3-2-4-6-16/h2-14H,15H2,1H3,(H,24,27). The third kappa shape index (κ3) is 4.87. The van der Waals surface area contributed by atoms with E-state index < -0.39 is 0 Å². The monoisotopic (exact) mass is 417 g/mol. The predicted octanol–water partition coefficient (Wildman–Crippen LogP) is 5.29. The molecule has 0 radical (unpaired) electrons.